The molecule has 3 aromatic carbocycles. The van der Waals surface area contributed by atoms with Crippen LogP contribution in [0.3, 0.4) is 0 Å². The topological polar surface area (TPSA) is 81.2 Å². The highest BCUT2D eigenvalue weighted by Gasteiger charge is 2.23. The van der Waals surface area contributed by atoms with Crippen molar-refractivity contribution in [3.05, 3.63) is 71.8 Å². The van der Waals surface area contributed by atoms with Gasteiger partial charge in [0.1, 0.15) is 12.4 Å². The Morgan fingerprint density at radius 3 is 2.18 bits per heavy atom. The molecule has 2 saturated heterocycles. The average molecular weight is 598 g/mol. The van der Waals surface area contributed by atoms with Crippen molar-refractivity contribution in [2.75, 3.05) is 57.7 Å². The monoisotopic (exact) mass is 597 g/mol. The first-order chi connectivity index (χ1) is 21.6. The molecule has 9 nitrogen and oxygen atoms in total. The van der Waals surface area contributed by atoms with Gasteiger partial charge in [0.2, 0.25) is 5.95 Å². The molecule has 0 atom stereocenters. The van der Waals surface area contributed by atoms with Gasteiger partial charge in [0.05, 0.1) is 26.8 Å². The molecule has 6 rings (SSSR count). The fourth-order valence-electron chi connectivity index (χ4n) is 6.19. The molecule has 232 valence electrons. The molecule has 2 aliphatic heterocycles. The molecule has 0 unspecified atom stereocenters. The SMILES string of the molecule is COc1cc2nc(NC3CCN(Cc4ccc(OC)c(OCc5ccccc5)c4)CC3)nc(N3CCCCC3)c2cc1OC. The fourth-order valence-corrected chi connectivity index (χ4v) is 6.19. The minimum atomic E-state index is 0.304. The minimum absolute atomic E-state index is 0.304. The van der Waals surface area contributed by atoms with Gasteiger partial charge >= 0.3 is 0 Å². The lowest BCUT2D eigenvalue weighted by atomic mass is 10.0. The van der Waals surface area contributed by atoms with Crippen molar-refractivity contribution >= 4 is 22.7 Å². The van der Waals surface area contributed by atoms with Crippen LogP contribution in [0.2, 0.25) is 0 Å². The zero-order valence-electron chi connectivity index (χ0n) is 26.1. The van der Waals surface area contributed by atoms with Crippen LogP contribution in [0.4, 0.5) is 11.8 Å². The summed E-state index contributed by atoms with van der Waals surface area (Å²) in [4.78, 5) is 14.9. The summed E-state index contributed by atoms with van der Waals surface area (Å²) in [7, 11) is 5.01. The molecular formula is C35H43N5O4. The lowest BCUT2D eigenvalue weighted by Gasteiger charge is -2.33. The molecule has 0 amide bonds. The number of methoxy groups -OCH3 is 3. The molecule has 0 aliphatic carbocycles. The van der Waals surface area contributed by atoms with E-state index in [1.807, 2.05) is 36.4 Å². The lowest BCUT2D eigenvalue weighted by Crippen LogP contribution is -2.39. The molecular weight excluding hydrogens is 554 g/mol. The van der Waals surface area contributed by atoms with E-state index >= 15 is 0 Å². The number of likely N-dealkylation sites (tertiary alicyclic amines) is 1. The average Bonchev–Trinajstić information content (AvgIpc) is 3.08. The van der Waals surface area contributed by atoms with E-state index in [0.29, 0.717) is 30.1 Å². The number of aromatic nitrogens is 2. The van der Waals surface area contributed by atoms with E-state index in [2.05, 4.69) is 39.4 Å². The molecule has 1 aromatic heterocycles. The molecule has 0 bridgehead atoms. The molecule has 2 aliphatic rings. The van der Waals surface area contributed by atoms with E-state index in [-0.39, 0.29) is 0 Å². The summed E-state index contributed by atoms with van der Waals surface area (Å²) in [6, 6.07) is 20.7. The van der Waals surface area contributed by atoms with Crippen LogP contribution in [-0.2, 0) is 13.2 Å². The number of rotatable bonds is 11. The third-order valence-electron chi connectivity index (χ3n) is 8.63. The normalized spacial score (nSPS) is 16.1. The lowest BCUT2D eigenvalue weighted by molar-refractivity contribution is 0.210. The molecule has 1 N–H and O–H groups in total. The summed E-state index contributed by atoms with van der Waals surface area (Å²) < 4.78 is 22.9. The maximum absolute atomic E-state index is 6.15. The standard InChI is InChI=1S/C35H43N5O4/c1-41-30-13-12-26(20-33(30)44-24-25-10-6-4-7-11-25)23-39-18-14-27(15-19-39)36-35-37-29-22-32(43-3)31(42-2)21-28(29)34(38-35)40-16-8-5-9-17-40/h4,6-7,10-13,20-22,27H,5,8-9,14-19,23-24H2,1-3H3,(H,36,37,38). The van der Waals surface area contributed by atoms with Gasteiger partial charge in [-0.25, -0.2) is 4.98 Å². The number of hydrogen-bond acceptors (Lipinski definition) is 9. The summed E-state index contributed by atoms with van der Waals surface area (Å²) in [5, 5.41) is 4.67. The van der Waals surface area contributed by atoms with Crippen LogP contribution in [0.25, 0.3) is 10.9 Å². The van der Waals surface area contributed by atoms with Gasteiger partial charge in [0.15, 0.2) is 23.0 Å². The third-order valence-corrected chi connectivity index (χ3v) is 8.63. The van der Waals surface area contributed by atoms with Gasteiger partial charge in [-0.3, -0.25) is 4.90 Å². The molecule has 44 heavy (non-hydrogen) atoms. The summed E-state index contributed by atoms with van der Waals surface area (Å²) in [5.41, 5.74) is 3.21. The second-order valence-corrected chi connectivity index (χ2v) is 11.6. The van der Waals surface area contributed by atoms with Crippen LogP contribution in [0.5, 0.6) is 23.0 Å². The highest BCUT2D eigenvalue weighted by Crippen LogP contribution is 2.37. The Kier molecular flexibility index (Phi) is 9.51. The van der Waals surface area contributed by atoms with Gasteiger partial charge in [-0.1, -0.05) is 36.4 Å². The van der Waals surface area contributed by atoms with Crippen LogP contribution < -0.4 is 29.2 Å². The van der Waals surface area contributed by atoms with Crippen LogP contribution in [0.1, 0.15) is 43.2 Å². The van der Waals surface area contributed by atoms with Crippen molar-refractivity contribution in [1.82, 2.24) is 14.9 Å². The van der Waals surface area contributed by atoms with Gasteiger partial charge < -0.3 is 29.2 Å². The summed E-state index contributed by atoms with van der Waals surface area (Å²) in [5.74, 6) is 4.55. The van der Waals surface area contributed by atoms with Crippen molar-refractivity contribution in [3.8, 4) is 23.0 Å². The Bertz CT molecular complexity index is 1540. The van der Waals surface area contributed by atoms with E-state index in [0.717, 1.165) is 79.3 Å². The van der Waals surface area contributed by atoms with Gasteiger partial charge in [-0.15, -0.1) is 0 Å². The van der Waals surface area contributed by atoms with Crippen molar-refractivity contribution in [3.63, 3.8) is 0 Å². The van der Waals surface area contributed by atoms with E-state index in [9.17, 15) is 0 Å². The van der Waals surface area contributed by atoms with Gasteiger partial charge in [0.25, 0.3) is 0 Å². The quantitative estimate of drug-likeness (QED) is 0.214. The number of fused-ring (bicyclic) bond motifs is 1. The highest BCUT2D eigenvalue weighted by atomic mass is 16.5. The minimum Gasteiger partial charge on any atom is -0.493 e. The van der Waals surface area contributed by atoms with Crippen molar-refractivity contribution in [2.24, 2.45) is 0 Å². The Morgan fingerprint density at radius 1 is 0.727 bits per heavy atom. The van der Waals surface area contributed by atoms with E-state index < -0.39 is 0 Å². The summed E-state index contributed by atoms with van der Waals surface area (Å²) in [6.07, 6.45) is 5.64. The van der Waals surface area contributed by atoms with Crippen LogP contribution in [0.15, 0.2) is 60.7 Å². The summed E-state index contributed by atoms with van der Waals surface area (Å²) in [6.45, 7) is 5.36. The second kappa shape index (κ2) is 14.0. The van der Waals surface area contributed by atoms with Crippen molar-refractivity contribution in [1.29, 1.82) is 0 Å². The maximum Gasteiger partial charge on any atom is 0.225 e. The van der Waals surface area contributed by atoms with Gasteiger partial charge in [-0.05, 0) is 61.4 Å². The zero-order chi connectivity index (χ0) is 30.3. The second-order valence-electron chi connectivity index (χ2n) is 11.6. The van der Waals surface area contributed by atoms with Gasteiger partial charge in [-0.2, -0.15) is 4.98 Å². The number of ether oxygens (including phenoxy) is 4. The predicted molar refractivity (Wildman–Crippen MR) is 174 cm³/mol. The molecule has 0 spiro atoms. The Labute approximate surface area is 260 Å². The fraction of sp³-hybridized carbons (Fsp3) is 0.429. The first kappa shape index (κ1) is 29.8. The molecule has 3 heterocycles. The van der Waals surface area contributed by atoms with Crippen LogP contribution >= 0.6 is 0 Å². The third kappa shape index (κ3) is 6.94. The molecule has 9 heteroatoms. The largest absolute Gasteiger partial charge is 0.493 e. The van der Waals surface area contributed by atoms with Crippen LogP contribution in [0, 0.1) is 0 Å². The number of anilines is 2. The van der Waals surface area contributed by atoms with E-state index in [4.69, 9.17) is 28.9 Å². The number of hydrogen-bond donors (Lipinski definition) is 1. The maximum atomic E-state index is 6.15. The van der Waals surface area contributed by atoms with Crippen molar-refractivity contribution < 1.29 is 18.9 Å². The number of nitrogens with one attached hydrogen (secondary N) is 1. The molecule has 0 radical (unpaired) electrons. The predicted octanol–water partition coefficient (Wildman–Crippen LogP) is 6.30. The van der Waals surface area contributed by atoms with Crippen molar-refractivity contribution in [2.45, 2.75) is 51.3 Å². The first-order valence-corrected chi connectivity index (χ1v) is 15.6. The summed E-state index contributed by atoms with van der Waals surface area (Å²) >= 11 is 0. The van der Waals surface area contributed by atoms with Gasteiger partial charge in [0, 0.05) is 50.2 Å². The number of piperidine rings is 2. The number of nitrogens with zero attached hydrogens (tertiary/aromatic N) is 4. The Balaban J connectivity index is 1.12. The highest BCUT2D eigenvalue weighted by molar-refractivity contribution is 5.93. The Morgan fingerprint density at radius 2 is 1.45 bits per heavy atom. The van der Waals surface area contributed by atoms with E-state index in [1.165, 1.54) is 24.8 Å². The molecule has 0 saturated carbocycles. The molecule has 4 aromatic rings. The molecule has 2 fully saturated rings. The zero-order valence-corrected chi connectivity index (χ0v) is 26.1. The first-order valence-electron chi connectivity index (χ1n) is 15.6. The Hall–Kier alpha value is -4.24. The number of benzene rings is 3. The van der Waals surface area contributed by atoms with Crippen LogP contribution in [-0.4, -0.2) is 68.4 Å². The van der Waals surface area contributed by atoms with E-state index in [1.54, 1.807) is 21.3 Å². The smallest absolute Gasteiger partial charge is 0.225 e.